The zero-order chi connectivity index (χ0) is 52.9. The number of esters is 1. The molecule has 0 fully saturated rings. The maximum Gasteiger partial charge on any atom is 0.472 e. The molecule has 426 valence electrons. The van der Waals surface area contributed by atoms with Crippen LogP contribution in [0.2, 0.25) is 0 Å². The van der Waals surface area contributed by atoms with Crippen molar-refractivity contribution in [2.75, 3.05) is 40.9 Å². The highest BCUT2D eigenvalue weighted by molar-refractivity contribution is 7.47. The van der Waals surface area contributed by atoms with E-state index in [1.165, 1.54) is 193 Å². The van der Waals surface area contributed by atoms with Gasteiger partial charge >= 0.3 is 13.8 Å². The summed E-state index contributed by atoms with van der Waals surface area (Å²) < 4.78 is 30.6. The molecule has 3 unspecified atom stereocenters. The van der Waals surface area contributed by atoms with Gasteiger partial charge in [0.15, 0.2) is 0 Å². The van der Waals surface area contributed by atoms with Gasteiger partial charge in [-0.15, -0.1) is 0 Å². The highest BCUT2D eigenvalue weighted by atomic mass is 31.2. The average molecular weight is 1040 g/mol. The molecule has 0 rings (SSSR count). The second-order valence-electron chi connectivity index (χ2n) is 22.6. The van der Waals surface area contributed by atoms with E-state index in [0.29, 0.717) is 23.9 Å². The van der Waals surface area contributed by atoms with Gasteiger partial charge < -0.3 is 19.4 Å². The number of rotatable bonds is 57. The number of carbonyl (C=O) groups is 2. The summed E-state index contributed by atoms with van der Waals surface area (Å²) >= 11 is 0. The number of quaternary nitrogens is 1. The van der Waals surface area contributed by atoms with Crippen molar-refractivity contribution in [1.29, 1.82) is 0 Å². The summed E-state index contributed by atoms with van der Waals surface area (Å²) in [5.41, 5.74) is 0. The summed E-state index contributed by atoms with van der Waals surface area (Å²) in [6, 6.07) is -0.846. The van der Waals surface area contributed by atoms with E-state index in [1.807, 2.05) is 33.3 Å². The van der Waals surface area contributed by atoms with Crippen molar-refractivity contribution in [2.24, 2.45) is 0 Å². The van der Waals surface area contributed by atoms with Gasteiger partial charge in [-0.05, 0) is 51.0 Å². The molecule has 0 saturated heterocycles. The van der Waals surface area contributed by atoms with Crippen LogP contribution in [0.15, 0.2) is 24.3 Å². The molecule has 0 radical (unpaired) electrons. The van der Waals surface area contributed by atoms with Crippen LogP contribution in [0, 0.1) is 0 Å². The summed E-state index contributed by atoms with van der Waals surface area (Å²) in [7, 11) is 1.50. The van der Waals surface area contributed by atoms with Gasteiger partial charge in [0, 0.05) is 12.8 Å². The Morgan fingerprint density at radius 1 is 0.472 bits per heavy atom. The van der Waals surface area contributed by atoms with Crippen molar-refractivity contribution in [3.05, 3.63) is 24.3 Å². The van der Waals surface area contributed by atoms with Gasteiger partial charge in [-0.25, -0.2) is 4.57 Å². The Kier molecular flexibility index (Phi) is 51.8. The highest BCUT2D eigenvalue weighted by Crippen LogP contribution is 2.43. The van der Waals surface area contributed by atoms with E-state index >= 15 is 0 Å². The third-order valence-corrected chi connectivity index (χ3v) is 15.1. The summed E-state index contributed by atoms with van der Waals surface area (Å²) in [6.45, 7) is 7.00. The Balaban J connectivity index is 5.07. The van der Waals surface area contributed by atoms with Crippen LogP contribution < -0.4 is 5.32 Å². The molecule has 0 aliphatic carbocycles. The van der Waals surface area contributed by atoms with Crippen LogP contribution in [0.25, 0.3) is 0 Å². The van der Waals surface area contributed by atoms with Crippen LogP contribution in [0.3, 0.4) is 0 Å². The number of hydrogen-bond acceptors (Lipinski definition) is 6. The van der Waals surface area contributed by atoms with E-state index in [0.717, 1.165) is 83.5 Å². The van der Waals surface area contributed by atoms with Crippen LogP contribution in [0.5, 0.6) is 0 Å². The zero-order valence-electron chi connectivity index (χ0n) is 48.7. The number of ether oxygens (including phenoxy) is 1. The van der Waals surface area contributed by atoms with Crippen LogP contribution in [-0.2, 0) is 27.9 Å². The predicted molar refractivity (Wildman–Crippen MR) is 310 cm³/mol. The van der Waals surface area contributed by atoms with Crippen molar-refractivity contribution >= 4 is 19.7 Å². The van der Waals surface area contributed by atoms with Gasteiger partial charge in [0.1, 0.15) is 19.3 Å². The second-order valence-corrected chi connectivity index (χ2v) is 24.0. The van der Waals surface area contributed by atoms with Crippen LogP contribution in [0.4, 0.5) is 0 Å². The van der Waals surface area contributed by atoms with Crippen molar-refractivity contribution in [3.8, 4) is 0 Å². The molecule has 3 atom stereocenters. The minimum absolute atomic E-state index is 0.0419. The summed E-state index contributed by atoms with van der Waals surface area (Å²) in [5, 5.41) is 3.05. The maximum absolute atomic E-state index is 13.5. The molecular weight excluding hydrogens is 916 g/mol. The van der Waals surface area contributed by atoms with Crippen LogP contribution >= 0.6 is 7.82 Å². The van der Waals surface area contributed by atoms with Crippen molar-refractivity contribution in [1.82, 2.24) is 5.32 Å². The molecule has 0 spiro atoms. The van der Waals surface area contributed by atoms with E-state index in [2.05, 4.69) is 38.2 Å². The minimum Gasteiger partial charge on any atom is -0.456 e. The van der Waals surface area contributed by atoms with Gasteiger partial charge in [0.2, 0.25) is 5.91 Å². The maximum atomic E-state index is 13.5. The Labute approximate surface area is 447 Å². The molecule has 10 heteroatoms. The number of likely N-dealkylation sites (N-methyl/N-ethyl adjacent to an activating group) is 1. The first-order valence-electron chi connectivity index (χ1n) is 31.2. The molecule has 0 aliphatic heterocycles. The lowest BCUT2D eigenvalue weighted by molar-refractivity contribution is -0.870. The smallest absolute Gasteiger partial charge is 0.456 e. The number of carbonyl (C=O) groups excluding carboxylic acids is 2. The molecular formula is C62H122N2O7P+. The quantitative estimate of drug-likeness (QED) is 0.0205. The molecule has 0 bridgehead atoms. The topological polar surface area (TPSA) is 111 Å². The molecule has 0 aliphatic rings. The average Bonchev–Trinajstić information content (AvgIpc) is 3.34. The van der Waals surface area contributed by atoms with E-state index in [-0.39, 0.29) is 25.1 Å². The monoisotopic (exact) mass is 1040 g/mol. The minimum atomic E-state index is -4.44. The molecule has 0 saturated carbocycles. The third-order valence-electron chi connectivity index (χ3n) is 14.1. The number of amides is 1. The first-order valence-corrected chi connectivity index (χ1v) is 32.7. The van der Waals surface area contributed by atoms with E-state index in [1.54, 1.807) is 0 Å². The lowest BCUT2D eigenvalue weighted by Crippen LogP contribution is -2.47. The van der Waals surface area contributed by atoms with Crippen LogP contribution in [-0.4, -0.2) is 74.3 Å². The Hall–Kier alpha value is -1.51. The van der Waals surface area contributed by atoms with Gasteiger partial charge in [-0.3, -0.25) is 18.6 Å². The first kappa shape index (κ1) is 70.5. The van der Waals surface area contributed by atoms with Crippen molar-refractivity contribution < 1.29 is 37.3 Å². The molecule has 0 aromatic carbocycles. The van der Waals surface area contributed by atoms with E-state index < -0.39 is 20.0 Å². The van der Waals surface area contributed by atoms with Gasteiger partial charge in [-0.2, -0.15) is 0 Å². The van der Waals surface area contributed by atoms with Gasteiger partial charge in [0.25, 0.3) is 0 Å². The molecule has 0 aromatic heterocycles. The number of unbranched alkanes of at least 4 members (excludes halogenated alkanes) is 39. The lowest BCUT2D eigenvalue weighted by atomic mass is 10.0. The number of hydrogen-bond donors (Lipinski definition) is 2. The fourth-order valence-corrected chi connectivity index (χ4v) is 10.0. The molecule has 2 N–H and O–H groups in total. The number of phosphoric ester groups is 1. The SMILES string of the molecule is CCCC/C=C\CCCCCCCC(=O)NC(COP(=O)(O)OCC[N+](C)(C)C)C(/C=C\CCCCCCCCCCCC)OC(=O)CCCCCCCCCCCCCCCCCCCCCCCCC. The van der Waals surface area contributed by atoms with Crippen molar-refractivity contribution in [3.63, 3.8) is 0 Å². The summed E-state index contributed by atoms with van der Waals surface area (Å²) in [5.74, 6) is -0.502. The second kappa shape index (κ2) is 52.9. The fraction of sp³-hybridized carbons (Fsp3) is 0.903. The van der Waals surface area contributed by atoms with Gasteiger partial charge in [-0.1, -0.05) is 270 Å². The van der Waals surface area contributed by atoms with E-state index in [9.17, 15) is 19.0 Å². The first-order chi connectivity index (χ1) is 34.9. The Morgan fingerprint density at radius 2 is 0.819 bits per heavy atom. The van der Waals surface area contributed by atoms with Crippen molar-refractivity contribution in [2.45, 2.75) is 322 Å². The standard InChI is InChI=1S/C62H121N2O7P/c1-7-10-13-16-19-22-25-27-28-29-30-31-32-33-34-35-36-37-40-43-46-49-52-55-62(66)71-60(53-50-47-44-41-39-26-23-20-17-14-11-8-2)59(58-70-72(67,68)69-57-56-64(4,5)6)63-61(65)54-51-48-45-42-38-24-21-18-15-12-9-3/h18,21,50,53,59-60H,7-17,19-20,22-49,51-52,54-58H2,1-6H3,(H-,63,65,67,68)/p+1/b21-18-,53-50-. The number of allylic oxidation sites excluding steroid dienone is 3. The highest BCUT2D eigenvalue weighted by Gasteiger charge is 2.30. The molecule has 0 heterocycles. The fourth-order valence-electron chi connectivity index (χ4n) is 9.28. The largest absolute Gasteiger partial charge is 0.472 e. The zero-order valence-corrected chi connectivity index (χ0v) is 49.6. The third kappa shape index (κ3) is 53.3. The molecule has 9 nitrogen and oxygen atoms in total. The number of nitrogens with zero attached hydrogens (tertiary/aromatic N) is 1. The normalized spacial score (nSPS) is 13.8. The number of nitrogens with one attached hydrogen (secondary N) is 1. The molecule has 0 aromatic rings. The lowest BCUT2D eigenvalue weighted by Gasteiger charge is -2.27. The summed E-state index contributed by atoms with van der Waals surface area (Å²) in [6.07, 6.45) is 61.9. The summed E-state index contributed by atoms with van der Waals surface area (Å²) in [4.78, 5) is 37.6. The Bertz CT molecular complexity index is 1290. The van der Waals surface area contributed by atoms with Gasteiger partial charge in [0.05, 0.1) is 33.8 Å². The van der Waals surface area contributed by atoms with E-state index in [4.69, 9.17) is 13.8 Å². The Morgan fingerprint density at radius 3 is 1.22 bits per heavy atom. The van der Waals surface area contributed by atoms with Crippen LogP contribution in [0.1, 0.15) is 310 Å². The number of phosphoric acid groups is 1. The predicted octanol–water partition coefficient (Wildman–Crippen LogP) is 18.9. The molecule has 72 heavy (non-hydrogen) atoms. The molecule has 1 amide bonds.